The van der Waals surface area contributed by atoms with Gasteiger partial charge in [0.15, 0.2) is 0 Å². The molecule has 3 aromatic rings. The van der Waals surface area contributed by atoms with Gasteiger partial charge in [-0.25, -0.2) is 4.98 Å². The molecule has 0 spiro atoms. The highest BCUT2D eigenvalue weighted by Gasteiger charge is 2.11. The van der Waals surface area contributed by atoms with Crippen LogP contribution in [0, 0.1) is 6.92 Å². The van der Waals surface area contributed by atoms with Crippen LogP contribution < -0.4 is 10.1 Å². The largest absolute Gasteiger partial charge is 0.496 e. The molecule has 2 aromatic heterocycles. The van der Waals surface area contributed by atoms with Crippen molar-refractivity contribution in [2.24, 2.45) is 0 Å². The van der Waals surface area contributed by atoms with Gasteiger partial charge in [0.25, 0.3) is 5.91 Å². The SMILES string of the molecule is COc1ccccc1C(=O)NCCc1cn2ccc(C)cc2n1. The van der Waals surface area contributed by atoms with E-state index in [1.165, 1.54) is 5.56 Å². The molecule has 0 saturated carbocycles. The first-order chi connectivity index (χ1) is 11.2. The zero-order chi connectivity index (χ0) is 16.2. The second-order valence-corrected chi connectivity index (χ2v) is 5.41. The third kappa shape index (κ3) is 3.34. The fourth-order valence-corrected chi connectivity index (χ4v) is 2.49. The van der Waals surface area contributed by atoms with E-state index < -0.39 is 0 Å². The molecule has 0 saturated heterocycles. The quantitative estimate of drug-likeness (QED) is 0.788. The predicted molar refractivity (Wildman–Crippen MR) is 89.0 cm³/mol. The lowest BCUT2D eigenvalue weighted by Gasteiger charge is -2.08. The molecule has 0 aliphatic heterocycles. The van der Waals surface area contributed by atoms with Crippen LogP contribution in [0.4, 0.5) is 0 Å². The van der Waals surface area contributed by atoms with Gasteiger partial charge in [0.2, 0.25) is 0 Å². The molecule has 0 aliphatic carbocycles. The number of methoxy groups -OCH3 is 1. The van der Waals surface area contributed by atoms with Crippen molar-refractivity contribution in [3.05, 3.63) is 65.6 Å². The minimum Gasteiger partial charge on any atom is -0.496 e. The van der Waals surface area contributed by atoms with Crippen LogP contribution in [0.3, 0.4) is 0 Å². The standard InChI is InChI=1S/C18H19N3O2/c1-13-8-10-21-12-14(20-17(21)11-13)7-9-19-18(22)15-5-3-4-6-16(15)23-2/h3-6,8,10-12H,7,9H2,1-2H3,(H,19,22). The number of hydrogen-bond acceptors (Lipinski definition) is 3. The molecule has 2 heterocycles. The monoisotopic (exact) mass is 309 g/mol. The number of imidazole rings is 1. The van der Waals surface area contributed by atoms with Gasteiger partial charge in [-0.2, -0.15) is 0 Å². The molecule has 0 unspecified atom stereocenters. The highest BCUT2D eigenvalue weighted by atomic mass is 16.5. The van der Waals surface area contributed by atoms with E-state index in [9.17, 15) is 4.79 Å². The normalized spacial score (nSPS) is 10.7. The maximum Gasteiger partial charge on any atom is 0.255 e. The number of nitrogens with one attached hydrogen (secondary N) is 1. The number of pyridine rings is 1. The molecule has 0 fully saturated rings. The molecule has 1 amide bonds. The van der Waals surface area contributed by atoms with E-state index >= 15 is 0 Å². The average Bonchev–Trinajstić information content (AvgIpc) is 2.96. The number of nitrogens with zero attached hydrogens (tertiary/aromatic N) is 2. The minimum absolute atomic E-state index is 0.137. The van der Waals surface area contributed by atoms with Crippen molar-refractivity contribution < 1.29 is 9.53 Å². The van der Waals surface area contributed by atoms with Crippen LogP contribution in [-0.4, -0.2) is 28.9 Å². The second kappa shape index (κ2) is 6.52. The highest BCUT2D eigenvalue weighted by molar-refractivity contribution is 5.96. The topological polar surface area (TPSA) is 55.6 Å². The van der Waals surface area contributed by atoms with Crippen LogP contribution in [0.15, 0.2) is 48.8 Å². The molecule has 23 heavy (non-hydrogen) atoms. The molecule has 5 heteroatoms. The third-order valence-corrected chi connectivity index (χ3v) is 3.68. The molecule has 3 rings (SSSR count). The number of amides is 1. The number of aryl methyl sites for hydroxylation is 1. The first kappa shape index (κ1) is 15.1. The van der Waals surface area contributed by atoms with E-state index in [4.69, 9.17) is 4.74 Å². The van der Waals surface area contributed by atoms with Gasteiger partial charge in [0.05, 0.1) is 18.4 Å². The maximum absolute atomic E-state index is 12.2. The van der Waals surface area contributed by atoms with Crippen molar-refractivity contribution in [3.63, 3.8) is 0 Å². The minimum atomic E-state index is -0.137. The summed E-state index contributed by atoms with van der Waals surface area (Å²) in [6, 6.07) is 11.3. The van der Waals surface area contributed by atoms with Crippen LogP contribution in [0.1, 0.15) is 21.6 Å². The number of carbonyl (C=O) groups excluding carboxylic acids is 1. The van der Waals surface area contributed by atoms with Crippen molar-refractivity contribution in [3.8, 4) is 5.75 Å². The van der Waals surface area contributed by atoms with Crippen LogP contribution in [0.5, 0.6) is 5.75 Å². The zero-order valence-electron chi connectivity index (χ0n) is 13.2. The molecule has 1 N–H and O–H groups in total. The van der Waals surface area contributed by atoms with E-state index in [-0.39, 0.29) is 5.91 Å². The Bertz CT molecular complexity index is 839. The first-order valence-electron chi connectivity index (χ1n) is 7.53. The summed E-state index contributed by atoms with van der Waals surface area (Å²) in [5, 5.41) is 2.91. The number of fused-ring (bicyclic) bond motifs is 1. The van der Waals surface area contributed by atoms with Gasteiger partial charge < -0.3 is 14.5 Å². The van der Waals surface area contributed by atoms with Crippen molar-refractivity contribution in [1.29, 1.82) is 0 Å². The molecule has 1 aromatic carbocycles. The summed E-state index contributed by atoms with van der Waals surface area (Å²) in [5.41, 5.74) is 3.60. The third-order valence-electron chi connectivity index (χ3n) is 3.68. The number of para-hydroxylation sites is 1. The molecule has 0 bridgehead atoms. The Labute approximate surface area is 134 Å². The van der Waals surface area contributed by atoms with Crippen LogP contribution in [0.2, 0.25) is 0 Å². The van der Waals surface area contributed by atoms with Crippen molar-refractivity contribution in [2.75, 3.05) is 13.7 Å². The Morgan fingerprint density at radius 1 is 1.30 bits per heavy atom. The Morgan fingerprint density at radius 3 is 2.96 bits per heavy atom. The summed E-state index contributed by atoms with van der Waals surface area (Å²) in [6.45, 7) is 2.57. The molecule has 0 atom stereocenters. The number of rotatable bonds is 5. The lowest BCUT2D eigenvalue weighted by molar-refractivity contribution is 0.0951. The number of carbonyl (C=O) groups is 1. The predicted octanol–water partition coefficient (Wildman–Crippen LogP) is 2.62. The van der Waals surface area contributed by atoms with Gasteiger partial charge in [-0.05, 0) is 36.8 Å². The summed E-state index contributed by atoms with van der Waals surface area (Å²) >= 11 is 0. The summed E-state index contributed by atoms with van der Waals surface area (Å²) in [6.07, 6.45) is 4.67. The number of hydrogen-bond donors (Lipinski definition) is 1. The average molecular weight is 309 g/mol. The zero-order valence-corrected chi connectivity index (χ0v) is 13.2. The second-order valence-electron chi connectivity index (χ2n) is 5.41. The Kier molecular flexibility index (Phi) is 4.28. The van der Waals surface area contributed by atoms with Crippen LogP contribution >= 0.6 is 0 Å². The van der Waals surface area contributed by atoms with Gasteiger partial charge in [-0.15, -0.1) is 0 Å². The lowest BCUT2D eigenvalue weighted by Crippen LogP contribution is -2.26. The molecule has 0 aliphatic rings. The van der Waals surface area contributed by atoms with Crippen LogP contribution in [-0.2, 0) is 6.42 Å². The van der Waals surface area contributed by atoms with Crippen molar-refractivity contribution in [2.45, 2.75) is 13.3 Å². The fraction of sp³-hybridized carbons (Fsp3) is 0.222. The molecular weight excluding hydrogens is 290 g/mol. The van der Waals surface area contributed by atoms with E-state index in [0.717, 1.165) is 11.3 Å². The summed E-state index contributed by atoms with van der Waals surface area (Å²) in [4.78, 5) is 16.8. The maximum atomic E-state index is 12.2. The number of aromatic nitrogens is 2. The Hall–Kier alpha value is -2.82. The Balaban J connectivity index is 1.63. The van der Waals surface area contributed by atoms with Gasteiger partial charge in [0, 0.05) is 25.4 Å². The highest BCUT2D eigenvalue weighted by Crippen LogP contribution is 2.16. The molecular formula is C18H19N3O2. The number of ether oxygens (including phenoxy) is 1. The Morgan fingerprint density at radius 2 is 2.13 bits per heavy atom. The van der Waals surface area contributed by atoms with Gasteiger partial charge in [-0.1, -0.05) is 12.1 Å². The van der Waals surface area contributed by atoms with E-state index in [0.29, 0.717) is 24.3 Å². The summed E-state index contributed by atoms with van der Waals surface area (Å²) in [7, 11) is 1.56. The van der Waals surface area contributed by atoms with E-state index in [2.05, 4.69) is 10.3 Å². The number of benzene rings is 1. The summed E-state index contributed by atoms with van der Waals surface area (Å²) < 4.78 is 7.20. The van der Waals surface area contributed by atoms with E-state index in [1.807, 2.05) is 48.0 Å². The lowest BCUT2D eigenvalue weighted by atomic mass is 10.2. The smallest absolute Gasteiger partial charge is 0.255 e. The molecule has 0 radical (unpaired) electrons. The van der Waals surface area contributed by atoms with Crippen LogP contribution in [0.25, 0.3) is 5.65 Å². The van der Waals surface area contributed by atoms with Crippen molar-refractivity contribution >= 4 is 11.6 Å². The first-order valence-corrected chi connectivity index (χ1v) is 7.53. The fourth-order valence-electron chi connectivity index (χ4n) is 2.49. The van der Waals surface area contributed by atoms with Gasteiger partial charge >= 0.3 is 0 Å². The molecule has 5 nitrogen and oxygen atoms in total. The summed E-state index contributed by atoms with van der Waals surface area (Å²) in [5.74, 6) is 0.440. The van der Waals surface area contributed by atoms with Gasteiger partial charge in [0.1, 0.15) is 11.4 Å². The molecule has 118 valence electrons. The van der Waals surface area contributed by atoms with E-state index in [1.54, 1.807) is 19.2 Å². The van der Waals surface area contributed by atoms with Gasteiger partial charge in [-0.3, -0.25) is 4.79 Å². The van der Waals surface area contributed by atoms with Crippen molar-refractivity contribution in [1.82, 2.24) is 14.7 Å².